The molecule has 14 heavy (non-hydrogen) atoms. The summed E-state index contributed by atoms with van der Waals surface area (Å²) in [5, 5.41) is 0. The van der Waals surface area contributed by atoms with Crippen LogP contribution in [0.1, 0.15) is 25.6 Å². The van der Waals surface area contributed by atoms with E-state index in [1.165, 1.54) is 6.33 Å². The van der Waals surface area contributed by atoms with Gasteiger partial charge >= 0.3 is 0 Å². The van der Waals surface area contributed by atoms with E-state index in [0.29, 0.717) is 17.3 Å². The number of hydrogen-bond acceptors (Lipinski definition) is 4. The fourth-order valence-corrected chi connectivity index (χ4v) is 1.55. The largest absolute Gasteiger partial charge is 0.382 e. The molecule has 0 atom stereocenters. The molecule has 2 N–H and O–H groups in total. The van der Waals surface area contributed by atoms with Crippen LogP contribution in [-0.2, 0) is 7.05 Å². The quantitative estimate of drug-likeness (QED) is 0.732. The fourth-order valence-electron chi connectivity index (χ4n) is 1.55. The summed E-state index contributed by atoms with van der Waals surface area (Å²) in [6, 6.07) is 0. The second-order valence-electron chi connectivity index (χ2n) is 3.61. The minimum atomic E-state index is 0.355. The summed E-state index contributed by atoms with van der Waals surface area (Å²) in [6.45, 7) is 4.18. The molecule has 2 aromatic heterocycles. The van der Waals surface area contributed by atoms with Crippen molar-refractivity contribution in [3.8, 4) is 0 Å². The molecule has 0 radical (unpaired) electrons. The van der Waals surface area contributed by atoms with Crippen molar-refractivity contribution in [3.63, 3.8) is 0 Å². The van der Waals surface area contributed by atoms with Crippen molar-refractivity contribution in [1.82, 2.24) is 19.5 Å². The van der Waals surface area contributed by atoms with Crippen LogP contribution in [-0.4, -0.2) is 19.5 Å². The van der Waals surface area contributed by atoms with Crippen LogP contribution in [0.5, 0.6) is 0 Å². The van der Waals surface area contributed by atoms with Crippen LogP contribution in [0.3, 0.4) is 0 Å². The Labute approximate surface area is 82.0 Å². The average molecular weight is 191 g/mol. The second-order valence-corrected chi connectivity index (χ2v) is 3.61. The third-order valence-electron chi connectivity index (χ3n) is 2.24. The van der Waals surface area contributed by atoms with Crippen LogP contribution in [0.4, 0.5) is 5.82 Å². The number of rotatable bonds is 1. The molecule has 5 heteroatoms. The van der Waals surface area contributed by atoms with Gasteiger partial charge in [-0.25, -0.2) is 15.0 Å². The van der Waals surface area contributed by atoms with E-state index in [9.17, 15) is 0 Å². The SMILES string of the molecule is CC(C)c1nc2c(N)ncnc2n1C. The zero-order valence-corrected chi connectivity index (χ0v) is 8.52. The zero-order valence-electron chi connectivity index (χ0n) is 8.52. The van der Waals surface area contributed by atoms with Gasteiger partial charge in [-0.15, -0.1) is 0 Å². The number of aromatic nitrogens is 4. The van der Waals surface area contributed by atoms with Crippen molar-refractivity contribution in [2.75, 3.05) is 5.73 Å². The summed E-state index contributed by atoms with van der Waals surface area (Å²) in [4.78, 5) is 12.5. The molecular formula is C9H13N5. The molecule has 0 aliphatic carbocycles. The van der Waals surface area contributed by atoms with Crippen molar-refractivity contribution < 1.29 is 0 Å². The first-order valence-corrected chi connectivity index (χ1v) is 4.54. The van der Waals surface area contributed by atoms with Gasteiger partial charge in [-0.2, -0.15) is 0 Å². The molecule has 2 aromatic rings. The first kappa shape index (κ1) is 8.93. The highest BCUT2D eigenvalue weighted by atomic mass is 15.1. The second kappa shape index (κ2) is 2.94. The molecule has 2 heterocycles. The Morgan fingerprint density at radius 1 is 1.36 bits per heavy atom. The van der Waals surface area contributed by atoms with Crippen LogP contribution < -0.4 is 5.73 Å². The maximum Gasteiger partial charge on any atom is 0.165 e. The molecule has 0 saturated carbocycles. The molecule has 74 valence electrons. The van der Waals surface area contributed by atoms with E-state index < -0.39 is 0 Å². The number of aryl methyl sites for hydroxylation is 1. The number of anilines is 1. The Morgan fingerprint density at radius 3 is 2.64 bits per heavy atom. The lowest BCUT2D eigenvalue weighted by atomic mass is 10.2. The summed E-state index contributed by atoms with van der Waals surface area (Å²) < 4.78 is 1.96. The van der Waals surface area contributed by atoms with Crippen molar-refractivity contribution >= 4 is 17.0 Å². The van der Waals surface area contributed by atoms with E-state index in [0.717, 1.165) is 11.5 Å². The molecular weight excluding hydrogens is 178 g/mol. The zero-order chi connectivity index (χ0) is 10.3. The molecule has 0 aliphatic heterocycles. The lowest BCUT2D eigenvalue weighted by molar-refractivity contribution is 0.719. The van der Waals surface area contributed by atoms with Gasteiger partial charge < -0.3 is 10.3 Å². The molecule has 0 spiro atoms. The molecule has 0 unspecified atom stereocenters. The summed E-state index contributed by atoms with van der Waals surface area (Å²) in [7, 11) is 1.94. The molecule has 0 amide bonds. The third-order valence-corrected chi connectivity index (χ3v) is 2.24. The molecule has 0 bridgehead atoms. The van der Waals surface area contributed by atoms with E-state index in [2.05, 4.69) is 28.8 Å². The van der Waals surface area contributed by atoms with E-state index in [1.807, 2.05) is 11.6 Å². The lowest BCUT2D eigenvalue weighted by Crippen LogP contribution is -2.00. The Balaban J connectivity index is 2.80. The molecule has 0 fully saturated rings. The number of imidazole rings is 1. The highest BCUT2D eigenvalue weighted by Gasteiger charge is 2.13. The summed E-state index contributed by atoms with van der Waals surface area (Å²) >= 11 is 0. The minimum Gasteiger partial charge on any atom is -0.382 e. The molecule has 0 saturated heterocycles. The maximum atomic E-state index is 5.71. The van der Waals surface area contributed by atoms with Crippen LogP contribution >= 0.6 is 0 Å². The maximum absolute atomic E-state index is 5.71. The first-order chi connectivity index (χ1) is 6.61. The molecule has 2 rings (SSSR count). The van der Waals surface area contributed by atoms with Crippen molar-refractivity contribution in [3.05, 3.63) is 12.2 Å². The first-order valence-electron chi connectivity index (χ1n) is 4.54. The fraction of sp³-hybridized carbons (Fsp3) is 0.444. The van der Waals surface area contributed by atoms with Crippen molar-refractivity contribution in [1.29, 1.82) is 0 Å². The highest BCUT2D eigenvalue weighted by molar-refractivity contribution is 5.81. The Kier molecular flexibility index (Phi) is 1.87. The number of nitrogens with zero attached hydrogens (tertiary/aromatic N) is 4. The van der Waals surface area contributed by atoms with Gasteiger partial charge in [0.2, 0.25) is 0 Å². The van der Waals surface area contributed by atoms with Crippen LogP contribution in [0.2, 0.25) is 0 Å². The molecule has 0 aliphatic rings. The van der Waals surface area contributed by atoms with Crippen LogP contribution in [0.25, 0.3) is 11.2 Å². The highest BCUT2D eigenvalue weighted by Crippen LogP contribution is 2.20. The third kappa shape index (κ3) is 1.13. The van der Waals surface area contributed by atoms with E-state index in [1.54, 1.807) is 0 Å². The topological polar surface area (TPSA) is 69.6 Å². The Morgan fingerprint density at radius 2 is 2.07 bits per heavy atom. The summed E-state index contributed by atoms with van der Waals surface area (Å²) in [5.74, 6) is 1.78. The average Bonchev–Trinajstić information content (AvgIpc) is 2.46. The lowest BCUT2D eigenvalue weighted by Gasteiger charge is -2.03. The predicted octanol–water partition coefficient (Wildman–Crippen LogP) is 1.07. The van der Waals surface area contributed by atoms with Gasteiger partial charge in [0.15, 0.2) is 17.0 Å². The van der Waals surface area contributed by atoms with Gasteiger partial charge in [0.1, 0.15) is 12.2 Å². The molecule has 5 nitrogen and oxygen atoms in total. The number of fused-ring (bicyclic) bond motifs is 1. The van der Waals surface area contributed by atoms with Gasteiger partial charge in [-0.05, 0) is 0 Å². The van der Waals surface area contributed by atoms with Gasteiger partial charge in [0.25, 0.3) is 0 Å². The number of nitrogen functional groups attached to an aromatic ring is 1. The van der Waals surface area contributed by atoms with E-state index in [4.69, 9.17) is 5.73 Å². The number of hydrogen-bond donors (Lipinski definition) is 1. The predicted molar refractivity (Wildman–Crippen MR) is 54.8 cm³/mol. The molecule has 0 aromatic carbocycles. The summed E-state index contributed by atoms with van der Waals surface area (Å²) in [5.41, 5.74) is 7.20. The summed E-state index contributed by atoms with van der Waals surface area (Å²) in [6.07, 6.45) is 1.46. The van der Waals surface area contributed by atoms with Crippen molar-refractivity contribution in [2.45, 2.75) is 19.8 Å². The van der Waals surface area contributed by atoms with Gasteiger partial charge in [0.05, 0.1) is 0 Å². The Hall–Kier alpha value is -1.65. The Bertz CT molecular complexity index is 471. The van der Waals surface area contributed by atoms with Gasteiger partial charge in [-0.1, -0.05) is 13.8 Å². The van der Waals surface area contributed by atoms with E-state index >= 15 is 0 Å². The smallest absolute Gasteiger partial charge is 0.165 e. The normalized spacial score (nSPS) is 11.4. The minimum absolute atomic E-state index is 0.355. The van der Waals surface area contributed by atoms with E-state index in [-0.39, 0.29) is 0 Å². The van der Waals surface area contributed by atoms with Gasteiger partial charge in [0, 0.05) is 13.0 Å². The monoisotopic (exact) mass is 191 g/mol. The van der Waals surface area contributed by atoms with Gasteiger partial charge in [-0.3, -0.25) is 0 Å². The standard InChI is InChI=1S/C9H13N5/c1-5(2)8-13-6-7(10)11-4-12-9(6)14(8)3/h4-5H,1-3H3,(H2,10,11,12). The number of nitrogens with two attached hydrogens (primary N) is 1. The van der Waals surface area contributed by atoms with Crippen LogP contribution in [0, 0.1) is 0 Å². The van der Waals surface area contributed by atoms with Crippen molar-refractivity contribution in [2.24, 2.45) is 7.05 Å². The van der Waals surface area contributed by atoms with Crippen LogP contribution in [0.15, 0.2) is 6.33 Å².